The number of nitrogens with one attached hydrogen (secondary N) is 1. The molecule has 6 heteroatoms. The summed E-state index contributed by atoms with van der Waals surface area (Å²) in [4.78, 5) is 16.8. The second-order valence-corrected chi connectivity index (χ2v) is 7.27. The van der Waals surface area contributed by atoms with Gasteiger partial charge in [-0.1, -0.05) is 23.7 Å². The SMILES string of the molecule is Cc1cccc(NC(=O)CN2CCN(CCOc3ccc(Cl)cc3)CC2)c1. The van der Waals surface area contributed by atoms with E-state index >= 15 is 0 Å². The van der Waals surface area contributed by atoms with Gasteiger partial charge < -0.3 is 10.1 Å². The van der Waals surface area contributed by atoms with Crippen LogP contribution in [0.15, 0.2) is 48.5 Å². The summed E-state index contributed by atoms with van der Waals surface area (Å²) in [6.07, 6.45) is 0. The Morgan fingerprint density at radius 2 is 1.78 bits per heavy atom. The van der Waals surface area contributed by atoms with E-state index in [9.17, 15) is 4.79 Å². The van der Waals surface area contributed by atoms with Crippen molar-refractivity contribution in [3.63, 3.8) is 0 Å². The normalized spacial score (nSPS) is 15.5. The fourth-order valence-corrected chi connectivity index (χ4v) is 3.25. The second kappa shape index (κ2) is 9.74. The summed E-state index contributed by atoms with van der Waals surface area (Å²) < 4.78 is 5.75. The Morgan fingerprint density at radius 3 is 2.48 bits per heavy atom. The first-order chi connectivity index (χ1) is 13.1. The maximum absolute atomic E-state index is 12.2. The fourth-order valence-electron chi connectivity index (χ4n) is 3.12. The van der Waals surface area contributed by atoms with Crippen LogP contribution in [0.5, 0.6) is 5.75 Å². The van der Waals surface area contributed by atoms with Crippen molar-refractivity contribution in [2.75, 3.05) is 51.2 Å². The predicted octanol–water partition coefficient (Wildman–Crippen LogP) is 3.28. The Balaban J connectivity index is 1.33. The minimum atomic E-state index is 0.0418. The molecular weight excluding hydrogens is 362 g/mol. The van der Waals surface area contributed by atoms with Gasteiger partial charge in [-0.05, 0) is 48.9 Å². The van der Waals surface area contributed by atoms with E-state index < -0.39 is 0 Å². The molecule has 2 aromatic rings. The van der Waals surface area contributed by atoms with Crippen molar-refractivity contribution in [1.29, 1.82) is 0 Å². The molecule has 0 bridgehead atoms. The molecule has 0 aliphatic carbocycles. The lowest BCUT2D eigenvalue weighted by Gasteiger charge is -2.34. The molecule has 5 nitrogen and oxygen atoms in total. The van der Waals surface area contributed by atoms with Crippen LogP contribution in [-0.4, -0.2) is 61.6 Å². The Bertz CT molecular complexity index is 743. The number of hydrogen-bond acceptors (Lipinski definition) is 4. The molecule has 1 aliphatic rings. The number of ether oxygens (including phenoxy) is 1. The van der Waals surface area contributed by atoms with E-state index in [4.69, 9.17) is 16.3 Å². The van der Waals surface area contributed by atoms with Crippen molar-refractivity contribution < 1.29 is 9.53 Å². The molecule has 27 heavy (non-hydrogen) atoms. The van der Waals surface area contributed by atoms with Crippen molar-refractivity contribution in [1.82, 2.24) is 9.80 Å². The first kappa shape index (κ1) is 19.7. The third kappa shape index (κ3) is 6.54. The predicted molar refractivity (Wildman–Crippen MR) is 110 cm³/mol. The number of halogens is 1. The Hall–Kier alpha value is -2.08. The maximum Gasteiger partial charge on any atom is 0.238 e. The van der Waals surface area contributed by atoms with E-state index in [0.717, 1.165) is 49.7 Å². The zero-order valence-electron chi connectivity index (χ0n) is 15.7. The molecule has 1 N–H and O–H groups in total. The van der Waals surface area contributed by atoms with E-state index in [1.54, 1.807) is 0 Å². The molecule has 0 unspecified atom stereocenters. The Labute approximate surface area is 165 Å². The number of rotatable bonds is 7. The number of aryl methyl sites for hydroxylation is 1. The number of carbonyl (C=O) groups excluding carboxylic acids is 1. The Morgan fingerprint density at radius 1 is 1.07 bits per heavy atom. The summed E-state index contributed by atoms with van der Waals surface area (Å²) in [5, 5.41) is 3.69. The summed E-state index contributed by atoms with van der Waals surface area (Å²) >= 11 is 5.87. The van der Waals surface area contributed by atoms with Gasteiger partial charge in [-0.15, -0.1) is 0 Å². The molecule has 0 radical (unpaired) electrons. The standard InChI is InChI=1S/C21H26ClN3O2/c1-17-3-2-4-19(15-17)23-21(26)16-25-11-9-24(10-12-25)13-14-27-20-7-5-18(22)6-8-20/h2-8,15H,9-14,16H2,1H3,(H,23,26). The number of benzene rings is 2. The minimum absolute atomic E-state index is 0.0418. The van der Waals surface area contributed by atoms with Gasteiger partial charge in [0.15, 0.2) is 0 Å². The minimum Gasteiger partial charge on any atom is -0.492 e. The molecule has 0 aromatic heterocycles. The van der Waals surface area contributed by atoms with Crippen molar-refractivity contribution in [2.45, 2.75) is 6.92 Å². The van der Waals surface area contributed by atoms with E-state index in [-0.39, 0.29) is 5.91 Å². The summed E-state index contributed by atoms with van der Waals surface area (Å²) in [6, 6.07) is 15.3. The van der Waals surface area contributed by atoms with Crippen LogP contribution in [0.4, 0.5) is 5.69 Å². The summed E-state index contributed by atoms with van der Waals surface area (Å²) in [6.45, 7) is 7.66. The van der Waals surface area contributed by atoms with Gasteiger partial charge in [0.25, 0.3) is 0 Å². The fraction of sp³-hybridized carbons (Fsp3) is 0.381. The lowest BCUT2D eigenvalue weighted by atomic mass is 10.2. The average molecular weight is 388 g/mol. The molecule has 0 saturated carbocycles. The van der Waals surface area contributed by atoms with Crippen molar-refractivity contribution >= 4 is 23.2 Å². The molecule has 2 aromatic carbocycles. The van der Waals surface area contributed by atoms with Crippen molar-refractivity contribution in [3.8, 4) is 5.75 Å². The molecule has 0 atom stereocenters. The van der Waals surface area contributed by atoms with Crippen LogP contribution >= 0.6 is 11.6 Å². The van der Waals surface area contributed by atoms with Crippen LogP contribution in [0.3, 0.4) is 0 Å². The van der Waals surface area contributed by atoms with E-state index in [1.807, 2.05) is 55.5 Å². The van der Waals surface area contributed by atoms with Gasteiger partial charge >= 0.3 is 0 Å². The van der Waals surface area contributed by atoms with Gasteiger partial charge in [0.2, 0.25) is 5.91 Å². The van der Waals surface area contributed by atoms with Gasteiger partial charge in [0.05, 0.1) is 6.54 Å². The van der Waals surface area contributed by atoms with Gasteiger partial charge in [-0.2, -0.15) is 0 Å². The highest BCUT2D eigenvalue weighted by molar-refractivity contribution is 6.30. The number of anilines is 1. The second-order valence-electron chi connectivity index (χ2n) is 6.84. The largest absolute Gasteiger partial charge is 0.492 e. The summed E-state index contributed by atoms with van der Waals surface area (Å²) in [5.74, 6) is 0.881. The molecule has 0 spiro atoms. The smallest absolute Gasteiger partial charge is 0.238 e. The third-order valence-electron chi connectivity index (χ3n) is 4.62. The highest BCUT2D eigenvalue weighted by Crippen LogP contribution is 2.15. The molecule has 144 valence electrons. The van der Waals surface area contributed by atoms with Crippen molar-refractivity contribution in [2.24, 2.45) is 0 Å². The molecule has 1 amide bonds. The quantitative estimate of drug-likeness (QED) is 0.791. The van der Waals surface area contributed by atoms with Crippen LogP contribution in [-0.2, 0) is 4.79 Å². The monoisotopic (exact) mass is 387 g/mol. The lowest BCUT2D eigenvalue weighted by Crippen LogP contribution is -2.49. The first-order valence-electron chi connectivity index (χ1n) is 9.28. The van der Waals surface area contributed by atoms with E-state index in [1.165, 1.54) is 0 Å². The molecular formula is C21H26ClN3O2. The number of piperazine rings is 1. The Kier molecular flexibility index (Phi) is 7.10. The van der Waals surface area contributed by atoms with Gasteiger partial charge in [-0.3, -0.25) is 14.6 Å². The maximum atomic E-state index is 12.2. The van der Waals surface area contributed by atoms with E-state index in [2.05, 4.69) is 15.1 Å². The van der Waals surface area contributed by atoms with Gasteiger partial charge in [-0.25, -0.2) is 0 Å². The summed E-state index contributed by atoms with van der Waals surface area (Å²) in [5.41, 5.74) is 2.00. The highest BCUT2D eigenvalue weighted by Gasteiger charge is 2.18. The molecule has 1 heterocycles. The lowest BCUT2D eigenvalue weighted by molar-refractivity contribution is -0.117. The third-order valence-corrected chi connectivity index (χ3v) is 4.88. The van der Waals surface area contributed by atoms with Crippen LogP contribution in [0, 0.1) is 6.92 Å². The zero-order chi connectivity index (χ0) is 19.1. The first-order valence-corrected chi connectivity index (χ1v) is 9.66. The average Bonchev–Trinajstić information content (AvgIpc) is 2.65. The van der Waals surface area contributed by atoms with E-state index in [0.29, 0.717) is 18.2 Å². The number of nitrogens with zero attached hydrogens (tertiary/aromatic N) is 2. The molecule has 1 aliphatic heterocycles. The zero-order valence-corrected chi connectivity index (χ0v) is 16.4. The van der Waals surface area contributed by atoms with Crippen LogP contribution in [0.2, 0.25) is 5.02 Å². The molecule has 1 saturated heterocycles. The number of carbonyl (C=O) groups is 1. The van der Waals surface area contributed by atoms with Gasteiger partial charge in [0, 0.05) is 43.4 Å². The summed E-state index contributed by atoms with van der Waals surface area (Å²) in [7, 11) is 0. The number of hydrogen-bond donors (Lipinski definition) is 1. The van der Waals surface area contributed by atoms with Crippen molar-refractivity contribution in [3.05, 3.63) is 59.1 Å². The topological polar surface area (TPSA) is 44.8 Å². The number of amides is 1. The molecule has 1 fully saturated rings. The van der Waals surface area contributed by atoms with Gasteiger partial charge in [0.1, 0.15) is 12.4 Å². The van der Waals surface area contributed by atoms with Crippen LogP contribution < -0.4 is 10.1 Å². The van der Waals surface area contributed by atoms with Crippen LogP contribution in [0.25, 0.3) is 0 Å². The van der Waals surface area contributed by atoms with Crippen LogP contribution in [0.1, 0.15) is 5.56 Å². The highest BCUT2D eigenvalue weighted by atomic mass is 35.5. The molecule has 3 rings (SSSR count).